The first kappa shape index (κ1) is 10.2. The summed E-state index contributed by atoms with van der Waals surface area (Å²) in [5.41, 5.74) is 6.72. The van der Waals surface area contributed by atoms with E-state index in [9.17, 15) is 4.79 Å². The molecule has 1 heterocycles. The molecule has 0 aliphatic rings. The van der Waals surface area contributed by atoms with Gasteiger partial charge in [-0.25, -0.2) is 5.10 Å². The summed E-state index contributed by atoms with van der Waals surface area (Å²) in [7, 11) is 1.59. The van der Waals surface area contributed by atoms with E-state index in [1.54, 1.807) is 7.11 Å². The van der Waals surface area contributed by atoms with Crippen LogP contribution in [-0.2, 0) is 0 Å². The third-order valence-electron chi connectivity index (χ3n) is 2.20. The lowest BCUT2D eigenvalue weighted by molar-refractivity contribution is 0.415. The molecule has 82 valence electrons. The zero-order valence-corrected chi connectivity index (χ0v) is 8.73. The predicted octanol–water partition coefficient (Wildman–Crippen LogP) is 1.03. The summed E-state index contributed by atoms with van der Waals surface area (Å²) >= 11 is 0. The molecule has 1 aromatic carbocycles. The van der Waals surface area contributed by atoms with Crippen LogP contribution in [0.25, 0.3) is 11.3 Å². The number of nitrogens with one attached hydrogen (secondary N) is 1. The van der Waals surface area contributed by atoms with E-state index in [0.717, 1.165) is 11.3 Å². The third-order valence-corrected chi connectivity index (χ3v) is 2.20. The van der Waals surface area contributed by atoms with Crippen molar-refractivity contribution in [1.29, 1.82) is 0 Å². The molecule has 5 nitrogen and oxygen atoms in total. The molecule has 0 amide bonds. The van der Waals surface area contributed by atoms with E-state index in [4.69, 9.17) is 10.5 Å². The van der Waals surface area contributed by atoms with E-state index >= 15 is 0 Å². The molecule has 0 unspecified atom stereocenters. The van der Waals surface area contributed by atoms with Gasteiger partial charge in [0, 0.05) is 5.56 Å². The highest BCUT2D eigenvalue weighted by molar-refractivity contribution is 5.63. The van der Waals surface area contributed by atoms with Crippen LogP contribution in [0.5, 0.6) is 5.75 Å². The van der Waals surface area contributed by atoms with Crippen molar-refractivity contribution in [1.82, 2.24) is 10.2 Å². The average molecular weight is 217 g/mol. The normalized spacial score (nSPS) is 10.1. The lowest BCUT2D eigenvalue weighted by atomic mass is 10.1. The molecule has 0 radical (unpaired) electrons. The number of methoxy groups -OCH3 is 1. The summed E-state index contributed by atoms with van der Waals surface area (Å²) in [5.74, 6) is 0.726. The first-order chi connectivity index (χ1) is 7.70. The van der Waals surface area contributed by atoms with Crippen LogP contribution in [-0.4, -0.2) is 17.3 Å². The van der Waals surface area contributed by atoms with Crippen LogP contribution < -0.4 is 16.0 Å². The smallest absolute Gasteiger partial charge is 0.287 e. The number of nitrogens with two attached hydrogens (primary N) is 1. The first-order valence-electron chi connectivity index (χ1n) is 4.70. The van der Waals surface area contributed by atoms with Crippen LogP contribution in [0.4, 0.5) is 5.69 Å². The van der Waals surface area contributed by atoms with Crippen molar-refractivity contribution in [3.63, 3.8) is 0 Å². The van der Waals surface area contributed by atoms with Crippen molar-refractivity contribution in [3.8, 4) is 17.0 Å². The maximum Gasteiger partial charge on any atom is 0.287 e. The van der Waals surface area contributed by atoms with Crippen LogP contribution >= 0.6 is 0 Å². The second-order valence-electron chi connectivity index (χ2n) is 3.27. The summed E-state index contributed by atoms with van der Waals surface area (Å²) < 4.78 is 5.10. The van der Waals surface area contributed by atoms with Gasteiger partial charge in [0.2, 0.25) is 0 Å². The summed E-state index contributed by atoms with van der Waals surface area (Å²) in [6, 6.07) is 8.89. The summed E-state index contributed by atoms with van der Waals surface area (Å²) in [6.07, 6.45) is 0. The van der Waals surface area contributed by atoms with Gasteiger partial charge in [-0.15, -0.1) is 0 Å². The first-order valence-corrected chi connectivity index (χ1v) is 4.70. The Bertz CT molecular complexity index is 563. The lowest BCUT2D eigenvalue weighted by Gasteiger charge is -2.03. The molecule has 0 aliphatic carbocycles. The number of aromatic amines is 1. The fraction of sp³-hybridized carbons (Fsp3) is 0.0909. The molecule has 1 aromatic heterocycles. The molecule has 5 heteroatoms. The van der Waals surface area contributed by atoms with Gasteiger partial charge in [0.05, 0.1) is 12.8 Å². The standard InChI is InChI=1S/C11H11N3O2/c1-16-8-4-2-3-7(5-8)10-6-9(12)11(15)14-13-10/h2-6H,1H3,(H2,12,13)(H,14,15). The van der Waals surface area contributed by atoms with Crippen molar-refractivity contribution in [2.75, 3.05) is 12.8 Å². The zero-order valence-electron chi connectivity index (χ0n) is 8.73. The molecular weight excluding hydrogens is 206 g/mol. The molecule has 3 N–H and O–H groups in total. The molecule has 0 atom stereocenters. The molecule has 0 spiro atoms. The molecule has 2 aromatic rings. The molecule has 0 saturated carbocycles. The maximum absolute atomic E-state index is 11.1. The highest BCUT2D eigenvalue weighted by Gasteiger charge is 2.03. The molecule has 0 aliphatic heterocycles. The number of aromatic nitrogens is 2. The van der Waals surface area contributed by atoms with Crippen LogP contribution in [0.3, 0.4) is 0 Å². The SMILES string of the molecule is COc1cccc(-c2cc(N)c(=O)[nH]n2)c1. The third kappa shape index (κ3) is 1.88. The van der Waals surface area contributed by atoms with Crippen molar-refractivity contribution in [2.24, 2.45) is 0 Å². The number of benzene rings is 1. The van der Waals surface area contributed by atoms with Gasteiger partial charge >= 0.3 is 0 Å². The number of rotatable bonds is 2. The molecular formula is C11H11N3O2. The second-order valence-corrected chi connectivity index (χ2v) is 3.27. The van der Waals surface area contributed by atoms with Gasteiger partial charge in [-0.05, 0) is 18.2 Å². The number of H-pyrrole nitrogens is 1. The van der Waals surface area contributed by atoms with Crippen molar-refractivity contribution < 1.29 is 4.74 Å². The van der Waals surface area contributed by atoms with E-state index in [1.165, 1.54) is 6.07 Å². The van der Waals surface area contributed by atoms with Gasteiger partial charge in [-0.1, -0.05) is 12.1 Å². The Labute approximate surface area is 91.9 Å². The monoisotopic (exact) mass is 217 g/mol. The van der Waals surface area contributed by atoms with E-state index in [2.05, 4.69) is 10.2 Å². The van der Waals surface area contributed by atoms with Gasteiger partial charge in [-0.2, -0.15) is 5.10 Å². The summed E-state index contributed by atoms with van der Waals surface area (Å²) in [4.78, 5) is 11.1. The Balaban J connectivity index is 2.50. The van der Waals surface area contributed by atoms with E-state index in [0.29, 0.717) is 5.69 Å². The highest BCUT2D eigenvalue weighted by Crippen LogP contribution is 2.21. The van der Waals surface area contributed by atoms with Crippen LogP contribution in [0.15, 0.2) is 35.1 Å². The lowest BCUT2D eigenvalue weighted by Crippen LogP contribution is -2.13. The summed E-state index contributed by atoms with van der Waals surface area (Å²) in [6.45, 7) is 0. The molecule has 0 saturated heterocycles. The largest absolute Gasteiger partial charge is 0.497 e. The van der Waals surface area contributed by atoms with Gasteiger partial charge in [0.25, 0.3) is 5.56 Å². The Hall–Kier alpha value is -2.30. The minimum atomic E-state index is -0.383. The summed E-state index contributed by atoms with van der Waals surface area (Å²) in [5, 5.41) is 6.24. The Morgan fingerprint density at radius 1 is 1.38 bits per heavy atom. The number of hydrogen-bond acceptors (Lipinski definition) is 4. The number of ether oxygens (including phenoxy) is 1. The zero-order chi connectivity index (χ0) is 11.5. The second kappa shape index (κ2) is 4.06. The highest BCUT2D eigenvalue weighted by atomic mass is 16.5. The predicted molar refractivity (Wildman–Crippen MR) is 61.3 cm³/mol. The van der Waals surface area contributed by atoms with Crippen LogP contribution in [0.1, 0.15) is 0 Å². The number of nitrogens with zero attached hydrogens (tertiary/aromatic N) is 1. The molecule has 0 fully saturated rings. The fourth-order valence-corrected chi connectivity index (χ4v) is 1.35. The fourth-order valence-electron chi connectivity index (χ4n) is 1.35. The quantitative estimate of drug-likeness (QED) is 0.787. The topological polar surface area (TPSA) is 81.0 Å². The van der Waals surface area contributed by atoms with Gasteiger partial charge < -0.3 is 10.5 Å². The number of nitrogen functional groups attached to an aromatic ring is 1. The van der Waals surface area contributed by atoms with Gasteiger partial charge in [0.1, 0.15) is 11.4 Å². The maximum atomic E-state index is 11.1. The molecule has 16 heavy (non-hydrogen) atoms. The van der Waals surface area contributed by atoms with E-state index in [-0.39, 0.29) is 11.2 Å². The van der Waals surface area contributed by atoms with Crippen molar-refractivity contribution in [3.05, 3.63) is 40.7 Å². The minimum absolute atomic E-state index is 0.146. The van der Waals surface area contributed by atoms with E-state index in [1.807, 2.05) is 24.3 Å². The van der Waals surface area contributed by atoms with Crippen molar-refractivity contribution in [2.45, 2.75) is 0 Å². The minimum Gasteiger partial charge on any atom is -0.497 e. The number of hydrogen-bond donors (Lipinski definition) is 2. The van der Waals surface area contributed by atoms with E-state index < -0.39 is 0 Å². The Morgan fingerprint density at radius 2 is 2.19 bits per heavy atom. The van der Waals surface area contributed by atoms with Crippen LogP contribution in [0, 0.1) is 0 Å². The van der Waals surface area contributed by atoms with Gasteiger partial charge in [0.15, 0.2) is 0 Å². The average Bonchev–Trinajstić information content (AvgIpc) is 2.33. The Morgan fingerprint density at radius 3 is 2.88 bits per heavy atom. The van der Waals surface area contributed by atoms with Crippen LogP contribution in [0.2, 0.25) is 0 Å². The van der Waals surface area contributed by atoms with Gasteiger partial charge in [-0.3, -0.25) is 4.79 Å². The Kier molecular flexibility index (Phi) is 2.59. The van der Waals surface area contributed by atoms with Crippen molar-refractivity contribution >= 4 is 5.69 Å². The molecule has 2 rings (SSSR count). The molecule has 0 bridgehead atoms. The number of anilines is 1.